The van der Waals surface area contributed by atoms with Gasteiger partial charge in [0.05, 0.1) is 5.02 Å². The van der Waals surface area contributed by atoms with Gasteiger partial charge in [0, 0.05) is 4.47 Å². The molecule has 0 saturated heterocycles. The summed E-state index contributed by atoms with van der Waals surface area (Å²) in [6.07, 6.45) is 0. The van der Waals surface area contributed by atoms with Gasteiger partial charge >= 0.3 is 0 Å². The van der Waals surface area contributed by atoms with Crippen LogP contribution in [0.5, 0.6) is 5.75 Å². The highest BCUT2D eigenvalue weighted by molar-refractivity contribution is 9.10. The molecule has 4 heteroatoms. The van der Waals surface area contributed by atoms with E-state index in [0.29, 0.717) is 4.47 Å². The monoisotopic (exact) mass is 231 g/mol. The van der Waals surface area contributed by atoms with Crippen molar-refractivity contribution >= 4 is 27.5 Å². The molecule has 1 aromatic rings. The zero-order chi connectivity index (χ0) is 8.43. The highest BCUT2D eigenvalue weighted by Crippen LogP contribution is 2.31. The van der Waals surface area contributed by atoms with Crippen LogP contribution in [0.2, 0.25) is 5.02 Å². The Morgan fingerprint density at radius 1 is 1.55 bits per heavy atom. The van der Waals surface area contributed by atoms with E-state index >= 15 is 0 Å². The van der Waals surface area contributed by atoms with Gasteiger partial charge in [-0.3, -0.25) is 0 Å². The summed E-state index contributed by atoms with van der Waals surface area (Å²) in [5, 5.41) is 17.8. The lowest BCUT2D eigenvalue weighted by Crippen LogP contribution is -1.79. The summed E-state index contributed by atoms with van der Waals surface area (Å²) in [7, 11) is 0. The fraction of sp³-hybridized carbons (Fsp3) is 0. The zero-order valence-electron chi connectivity index (χ0n) is 5.31. The number of benzene rings is 1. The van der Waals surface area contributed by atoms with Crippen LogP contribution in [0.4, 0.5) is 0 Å². The van der Waals surface area contributed by atoms with Gasteiger partial charge in [0.25, 0.3) is 0 Å². The van der Waals surface area contributed by atoms with E-state index in [1.165, 1.54) is 6.07 Å². The summed E-state index contributed by atoms with van der Waals surface area (Å²) in [5.41, 5.74) is 0.0982. The highest BCUT2D eigenvalue weighted by Gasteiger charge is 2.07. The second-order valence-corrected chi connectivity index (χ2v) is 3.10. The van der Waals surface area contributed by atoms with Crippen molar-refractivity contribution < 1.29 is 5.11 Å². The Balaban J connectivity index is 3.44. The summed E-state index contributed by atoms with van der Waals surface area (Å²) in [5.74, 6) is -0.0966. The van der Waals surface area contributed by atoms with Gasteiger partial charge in [-0.15, -0.1) is 0 Å². The van der Waals surface area contributed by atoms with E-state index < -0.39 is 0 Å². The first kappa shape index (κ1) is 8.38. The van der Waals surface area contributed by atoms with Gasteiger partial charge in [-0.05, 0) is 28.1 Å². The zero-order valence-corrected chi connectivity index (χ0v) is 7.65. The topological polar surface area (TPSA) is 44.0 Å². The average Bonchev–Trinajstić information content (AvgIpc) is 1.99. The van der Waals surface area contributed by atoms with E-state index in [2.05, 4.69) is 15.9 Å². The molecule has 0 amide bonds. The third-order valence-electron chi connectivity index (χ3n) is 1.18. The Morgan fingerprint density at radius 2 is 2.18 bits per heavy atom. The number of nitrogens with zero attached hydrogens (tertiary/aromatic N) is 1. The van der Waals surface area contributed by atoms with Crippen LogP contribution in [0.1, 0.15) is 5.56 Å². The number of halogens is 2. The van der Waals surface area contributed by atoms with E-state index in [4.69, 9.17) is 22.0 Å². The summed E-state index contributed by atoms with van der Waals surface area (Å²) in [6.45, 7) is 0. The molecule has 1 N–H and O–H groups in total. The van der Waals surface area contributed by atoms with E-state index in [1.54, 1.807) is 12.1 Å². The molecule has 0 atom stereocenters. The predicted molar refractivity (Wildman–Crippen MR) is 45.5 cm³/mol. The molecule has 0 heterocycles. The molecule has 0 aliphatic heterocycles. The normalized spacial score (nSPS) is 9.18. The molecule has 0 bridgehead atoms. The molecule has 1 rings (SSSR count). The van der Waals surface area contributed by atoms with Gasteiger partial charge in [-0.2, -0.15) is 5.26 Å². The van der Waals surface area contributed by atoms with Crippen molar-refractivity contribution in [2.75, 3.05) is 0 Å². The van der Waals surface area contributed by atoms with Crippen LogP contribution in [-0.2, 0) is 0 Å². The van der Waals surface area contributed by atoms with Crippen molar-refractivity contribution in [1.82, 2.24) is 0 Å². The van der Waals surface area contributed by atoms with Crippen molar-refractivity contribution in [1.29, 1.82) is 5.26 Å². The maximum atomic E-state index is 9.09. The second-order valence-electron chi connectivity index (χ2n) is 1.87. The standard InChI is InChI=1S/C7H3BrClNO/c8-5-1-2-6(11)4(3-10)7(5)9/h1-2,11H. The fourth-order valence-corrected chi connectivity index (χ4v) is 1.18. The molecule has 0 aromatic heterocycles. The van der Waals surface area contributed by atoms with Crippen LogP contribution in [0.15, 0.2) is 16.6 Å². The van der Waals surface area contributed by atoms with Gasteiger partial charge in [0.2, 0.25) is 0 Å². The molecule has 0 aliphatic rings. The average molecular weight is 232 g/mol. The number of rotatable bonds is 0. The minimum absolute atomic E-state index is 0.0966. The Hall–Kier alpha value is -0.720. The second kappa shape index (κ2) is 3.12. The first-order chi connectivity index (χ1) is 5.16. The van der Waals surface area contributed by atoms with Crippen molar-refractivity contribution in [3.05, 3.63) is 27.2 Å². The molecule has 0 spiro atoms. The molecule has 1 aromatic carbocycles. The molecule has 0 aliphatic carbocycles. The third kappa shape index (κ3) is 1.47. The lowest BCUT2D eigenvalue weighted by Gasteiger charge is -1.99. The largest absolute Gasteiger partial charge is 0.507 e. The minimum atomic E-state index is -0.0966. The molecule has 2 nitrogen and oxygen atoms in total. The molecule has 0 fully saturated rings. The Kier molecular flexibility index (Phi) is 2.38. The minimum Gasteiger partial charge on any atom is -0.507 e. The van der Waals surface area contributed by atoms with Gasteiger partial charge in [0.15, 0.2) is 0 Å². The van der Waals surface area contributed by atoms with Crippen LogP contribution in [0.25, 0.3) is 0 Å². The SMILES string of the molecule is N#Cc1c(O)ccc(Br)c1Cl. The molecule has 0 radical (unpaired) electrons. The number of phenolic OH excluding ortho intramolecular Hbond substituents is 1. The summed E-state index contributed by atoms with van der Waals surface area (Å²) in [4.78, 5) is 0. The first-order valence-corrected chi connectivity index (χ1v) is 3.91. The molecule has 0 saturated carbocycles. The van der Waals surface area contributed by atoms with Crippen LogP contribution in [0, 0.1) is 11.3 Å². The maximum Gasteiger partial charge on any atom is 0.134 e. The Bertz CT molecular complexity index is 332. The Morgan fingerprint density at radius 3 is 2.64 bits per heavy atom. The van der Waals surface area contributed by atoms with Gasteiger partial charge in [-0.25, -0.2) is 0 Å². The van der Waals surface area contributed by atoms with Crippen LogP contribution in [-0.4, -0.2) is 5.11 Å². The molecular formula is C7H3BrClNO. The van der Waals surface area contributed by atoms with E-state index in [-0.39, 0.29) is 16.3 Å². The smallest absolute Gasteiger partial charge is 0.134 e. The lowest BCUT2D eigenvalue weighted by molar-refractivity contribution is 0.473. The summed E-state index contributed by atoms with van der Waals surface area (Å²) in [6, 6.07) is 4.79. The number of aromatic hydroxyl groups is 1. The number of hydrogen-bond acceptors (Lipinski definition) is 2. The first-order valence-electron chi connectivity index (χ1n) is 2.74. The van der Waals surface area contributed by atoms with Crippen LogP contribution in [0.3, 0.4) is 0 Å². The lowest BCUT2D eigenvalue weighted by atomic mass is 10.2. The van der Waals surface area contributed by atoms with Crippen molar-refractivity contribution in [3.63, 3.8) is 0 Å². The van der Waals surface area contributed by atoms with E-state index in [9.17, 15) is 0 Å². The quantitative estimate of drug-likeness (QED) is 0.747. The van der Waals surface area contributed by atoms with Gasteiger partial charge in [0.1, 0.15) is 17.4 Å². The van der Waals surface area contributed by atoms with Crippen LogP contribution >= 0.6 is 27.5 Å². The highest BCUT2D eigenvalue weighted by atomic mass is 79.9. The number of hydrogen-bond donors (Lipinski definition) is 1. The van der Waals surface area contributed by atoms with E-state index in [1.807, 2.05) is 0 Å². The third-order valence-corrected chi connectivity index (χ3v) is 2.47. The molecule has 56 valence electrons. The van der Waals surface area contributed by atoms with E-state index in [0.717, 1.165) is 0 Å². The molecular weight excluding hydrogens is 229 g/mol. The summed E-state index contributed by atoms with van der Waals surface area (Å²) >= 11 is 8.80. The molecule has 0 unspecified atom stereocenters. The van der Waals surface area contributed by atoms with Crippen molar-refractivity contribution in [2.24, 2.45) is 0 Å². The Labute approximate surface area is 77.2 Å². The van der Waals surface area contributed by atoms with Crippen molar-refractivity contribution in [3.8, 4) is 11.8 Å². The van der Waals surface area contributed by atoms with Crippen molar-refractivity contribution in [2.45, 2.75) is 0 Å². The van der Waals surface area contributed by atoms with Crippen LogP contribution < -0.4 is 0 Å². The van der Waals surface area contributed by atoms with Gasteiger partial charge < -0.3 is 5.11 Å². The number of nitriles is 1. The predicted octanol–water partition coefficient (Wildman–Crippen LogP) is 2.68. The number of phenols is 1. The molecule has 11 heavy (non-hydrogen) atoms. The van der Waals surface area contributed by atoms with Gasteiger partial charge in [-0.1, -0.05) is 11.6 Å². The summed E-state index contributed by atoms with van der Waals surface area (Å²) < 4.78 is 0.605. The maximum absolute atomic E-state index is 9.09. The fourth-order valence-electron chi connectivity index (χ4n) is 0.647.